The highest BCUT2D eigenvalue weighted by atomic mass is 32.2. The molecule has 5 rings (SSSR count). The van der Waals surface area contributed by atoms with Gasteiger partial charge in [0.05, 0.1) is 22.6 Å². The van der Waals surface area contributed by atoms with E-state index in [0.717, 1.165) is 35.2 Å². The number of carbonyl (C=O) groups is 1. The van der Waals surface area contributed by atoms with Crippen molar-refractivity contribution in [1.29, 1.82) is 0 Å². The van der Waals surface area contributed by atoms with Gasteiger partial charge in [0, 0.05) is 31.1 Å². The van der Waals surface area contributed by atoms with Gasteiger partial charge in [0.25, 0.3) is 5.56 Å². The Morgan fingerprint density at radius 3 is 2.81 bits per heavy atom. The second-order valence-electron chi connectivity index (χ2n) is 7.90. The zero-order valence-corrected chi connectivity index (χ0v) is 18.7. The molecule has 31 heavy (non-hydrogen) atoms. The predicted octanol–water partition coefficient (Wildman–Crippen LogP) is 2.76. The van der Waals surface area contributed by atoms with Crippen LogP contribution in [0.3, 0.4) is 0 Å². The van der Waals surface area contributed by atoms with E-state index in [0.29, 0.717) is 43.5 Å². The fourth-order valence-electron chi connectivity index (χ4n) is 4.37. The van der Waals surface area contributed by atoms with Gasteiger partial charge in [-0.15, -0.1) is 23.1 Å². The topological polar surface area (TPSA) is 89.5 Å². The van der Waals surface area contributed by atoms with Crippen LogP contribution in [0, 0.1) is 0 Å². The summed E-state index contributed by atoms with van der Waals surface area (Å²) >= 11 is 3.12. The second-order valence-corrected chi connectivity index (χ2v) is 9.97. The molecule has 0 radical (unpaired) electrons. The molecular formula is C22H24N4O3S2. The number of aromatic amines is 1. The van der Waals surface area contributed by atoms with Gasteiger partial charge in [0.15, 0.2) is 0 Å². The molecule has 0 spiro atoms. The molecule has 1 fully saturated rings. The fraction of sp³-hybridized carbons (Fsp3) is 0.409. The highest BCUT2D eigenvalue weighted by molar-refractivity contribution is 7.99. The van der Waals surface area contributed by atoms with Crippen molar-refractivity contribution in [2.75, 3.05) is 36.8 Å². The number of thiophene rings is 1. The molecular weight excluding hydrogens is 432 g/mol. The normalized spacial score (nSPS) is 16.1. The van der Waals surface area contributed by atoms with E-state index in [4.69, 9.17) is 0 Å². The molecule has 2 N–H and O–H groups in total. The number of aryl methyl sites for hydroxylation is 2. The number of H-pyrrole nitrogens is 1. The summed E-state index contributed by atoms with van der Waals surface area (Å²) in [5.74, 6) is 1.88. The van der Waals surface area contributed by atoms with Crippen molar-refractivity contribution in [3.05, 3.63) is 50.9 Å². The number of fused-ring (bicyclic) bond motifs is 3. The molecule has 2 aliphatic rings. The Morgan fingerprint density at radius 2 is 2.00 bits per heavy atom. The SMILES string of the molecule is O=C(CSCc1nc2sc3c(c2c(=O)[nH]1)CCC3)N1CCN(c2ccccc2O)CC1. The van der Waals surface area contributed by atoms with Gasteiger partial charge < -0.3 is 19.9 Å². The lowest BCUT2D eigenvalue weighted by Gasteiger charge is -2.36. The molecule has 0 unspecified atom stereocenters. The quantitative estimate of drug-likeness (QED) is 0.614. The van der Waals surface area contributed by atoms with Crippen molar-refractivity contribution in [2.45, 2.75) is 25.0 Å². The molecule has 1 aromatic carbocycles. The first-order valence-electron chi connectivity index (χ1n) is 10.5. The number of amides is 1. The van der Waals surface area contributed by atoms with Crippen LogP contribution in [-0.2, 0) is 23.4 Å². The number of piperazine rings is 1. The minimum atomic E-state index is -0.0494. The van der Waals surface area contributed by atoms with Crippen LogP contribution in [0.2, 0.25) is 0 Å². The number of anilines is 1. The molecule has 0 bridgehead atoms. The lowest BCUT2D eigenvalue weighted by Crippen LogP contribution is -2.49. The third-order valence-corrected chi connectivity index (χ3v) is 8.06. The summed E-state index contributed by atoms with van der Waals surface area (Å²) in [4.78, 5) is 38.8. The minimum Gasteiger partial charge on any atom is -0.506 e. The number of thioether (sulfide) groups is 1. The van der Waals surface area contributed by atoms with Crippen LogP contribution in [-0.4, -0.2) is 57.8 Å². The number of aromatic hydroxyl groups is 1. The van der Waals surface area contributed by atoms with E-state index in [1.165, 1.54) is 22.2 Å². The molecule has 2 aromatic heterocycles. The van der Waals surface area contributed by atoms with E-state index in [1.54, 1.807) is 23.5 Å². The van der Waals surface area contributed by atoms with Crippen molar-refractivity contribution < 1.29 is 9.90 Å². The van der Waals surface area contributed by atoms with E-state index >= 15 is 0 Å². The van der Waals surface area contributed by atoms with Gasteiger partial charge >= 0.3 is 0 Å². The molecule has 9 heteroatoms. The number of aromatic nitrogens is 2. The van der Waals surface area contributed by atoms with Gasteiger partial charge in [0.1, 0.15) is 16.4 Å². The molecule has 1 amide bonds. The second kappa shape index (κ2) is 8.55. The number of rotatable bonds is 5. The Bertz CT molecular complexity index is 1180. The number of carbonyl (C=O) groups excluding carboxylic acids is 1. The molecule has 3 aromatic rings. The standard InChI is InChI=1S/C22H24N4O3S2/c27-16-6-2-1-5-15(16)25-8-10-26(11-9-25)19(28)13-30-12-18-23-21(29)20-14-4-3-7-17(14)31-22(20)24-18/h1-2,5-6,27H,3-4,7-13H2,(H,23,24,29). The van der Waals surface area contributed by atoms with E-state index in [2.05, 4.69) is 14.9 Å². The number of phenolic OH excluding ortho intramolecular Hbond substituents is 1. The molecule has 162 valence electrons. The van der Waals surface area contributed by atoms with E-state index in [-0.39, 0.29) is 17.2 Å². The average molecular weight is 457 g/mol. The molecule has 7 nitrogen and oxygen atoms in total. The van der Waals surface area contributed by atoms with Crippen LogP contribution in [0.4, 0.5) is 5.69 Å². The number of hydrogen-bond acceptors (Lipinski definition) is 7. The molecule has 0 atom stereocenters. The summed E-state index contributed by atoms with van der Waals surface area (Å²) < 4.78 is 0. The van der Waals surface area contributed by atoms with Crippen molar-refractivity contribution in [2.24, 2.45) is 0 Å². The van der Waals surface area contributed by atoms with Crippen LogP contribution in [0.25, 0.3) is 10.2 Å². The van der Waals surface area contributed by atoms with Crippen LogP contribution in [0.5, 0.6) is 5.75 Å². The molecule has 1 aliphatic heterocycles. The number of phenols is 1. The maximum absolute atomic E-state index is 12.6. The Morgan fingerprint density at radius 1 is 1.19 bits per heavy atom. The van der Waals surface area contributed by atoms with Crippen molar-refractivity contribution in [3.8, 4) is 5.75 Å². The lowest BCUT2D eigenvalue weighted by molar-refractivity contribution is -0.128. The number of nitrogens with one attached hydrogen (secondary N) is 1. The molecule has 1 aliphatic carbocycles. The summed E-state index contributed by atoms with van der Waals surface area (Å²) in [5, 5.41) is 10.8. The monoisotopic (exact) mass is 456 g/mol. The van der Waals surface area contributed by atoms with Gasteiger partial charge in [0.2, 0.25) is 5.91 Å². The number of hydrogen-bond donors (Lipinski definition) is 2. The molecule has 0 saturated carbocycles. The van der Waals surface area contributed by atoms with Gasteiger partial charge in [-0.25, -0.2) is 4.98 Å². The zero-order chi connectivity index (χ0) is 21.4. The Hall–Kier alpha value is -2.52. The van der Waals surface area contributed by atoms with Gasteiger partial charge in [-0.3, -0.25) is 9.59 Å². The van der Waals surface area contributed by atoms with Crippen LogP contribution in [0.15, 0.2) is 29.1 Å². The first-order valence-corrected chi connectivity index (χ1v) is 12.5. The Kier molecular flexibility index (Phi) is 5.62. The maximum Gasteiger partial charge on any atom is 0.259 e. The van der Waals surface area contributed by atoms with Gasteiger partial charge in [-0.1, -0.05) is 12.1 Å². The number of nitrogens with zero attached hydrogens (tertiary/aromatic N) is 3. The largest absolute Gasteiger partial charge is 0.506 e. The molecule has 3 heterocycles. The summed E-state index contributed by atoms with van der Waals surface area (Å²) in [6, 6.07) is 7.29. The summed E-state index contributed by atoms with van der Waals surface area (Å²) in [5.41, 5.74) is 1.95. The van der Waals surface area contributed by atoms with Crippen LogP contribution >= 0.6 is 23.1 Å². The summed E-state index contributed by atoms with van der Waals surface area (Å²) in [6.07, 6.45) is 3.14. The highest BCUT2D eigenvalue weighted by Crippen LogP contribution is 2.34. The zero-order valence-electron chi connectivity index (χ0n) is 17.1. The lowest BCUT2D eigenvalue weighted by atomic mass is 10.2. The van der Waals surface area contributed by atoms with Gasteiger partial charge in [-0.2, -0.15) is 0 Å². The van der Waals surface area contributed by atoms with Crippen LogP contribution in [0.1, 0.15) is 22.7 Å². The smallest absolute Gasteiger partial charge is 0.259 e. The van der Waals surface area contributed by atoms with Crippen molar-refractivity contribution in [3.63, 3.8) is 0 Å². The third-order valence-electron chi connectivity index (χ3n) is 5.94. The van der Waals surface area contributed by atoms with E-state index in [9.17, 15) is 14.7 Å². The molecule has 1 saturated heterocycles. The fourth-order valence-corrected chi connectivity index (χ4v) is 6.44. The predicted molar refractivity (Wildman–Crippen MR) is 125 cm³/mol. The Labute approximate surface area is 188 Å². The van der Waals surface area contributed by atoms with Crippen molar-refractivity contribution in [1.82, 2.24) is 14.9 Å². The summed E-state index contributed by atoms with van der Waals surface area (Å²) in [7, 11) is 0. The third kappa shape index (κ3) is 4.04. The Balaban J connectivity index is 1.15. The summed E-state index contributed by atoms with van der Waals surface area (Å²) in [6.45, 7) is 2.66. The van der Waals surface area contributed by atoms with Crippen molar-refractivity contribution >= 4 is 44.9 Å². The average Bonchev–Trinajstić information content (AvgIpc) is 3.35. The maximum atomic E-state index is 12.6. The van der Waals surface area contributed by atoms with Gasteiger partial charge in [-0.05, 0) is 37.0 Å². The highest BCUT2D eigenvalue weighted by Gasteiger charge is 2.23. The first kappa shape index (κ1) is 20.4. The number of benzene rings is 1. The van der Waals surface area contributed by atoms with E-state index < -0.39 is 0 Å². The number of para-hydroxylation sites is 2. The van der Waals surface area contributed by atoms with E-state index in [1.807, 2.05) is 17.0 Å². The first-order chi connectivity index (χ1) is 15.1. The minimum absolute atomic E-state index is 0.0494. The van der Waals surface area contributed by atoms with Crippen LogP contribution < -0.4 is 10.5 Å².